The highest BCUT2D eigenvalue weighted by Gasteiger charge is 2.27. The van der Waals surface area contributed by atoms with Crippen molar-refractivity contribution in [2.45, 2.75) is 45.2 Å². The molecule has 0 aliphatic carbocycles. The van der Waals surface area contributed by atoms with Crippen LogP contribution in [0.2, 0.25) is 0 Å². The largest absolute Gasteiger partial charge is 0.308 e. The molecule has 0 bridgehead atoms. The highest BCUT2D eigenvalue weighted by Crippen LogP contribution is 2.22. The zero-order valence-corrected chi connectivity index (χ0v) is 13.3. The monoisotopic (exact) mass is 341 g/mol. The lowest BCUT2D eigenvalue weighted by atomic mass is 10.00. The van der Waals surface area contributed by atoms with Gasteiger partial charge in [-0.3, -0.25) is 10.2 Å². The number of nitrogens with two attached hydrogens (primary N) is 1. The summed E-state index contributed by atoms with van der Waals surface area (Å²) in [7, 11) is 0. The second-order valence-electron chi connectivity index (χ2n) is 5.17. The van der Waals surface area contributed by atoms with E-state index in [9.17, 15) is 4.79 Å². The second-order valence-corrected chi connectivity index (χ2v) is 6.09. The van der Waals surface area contributed by atoms with Crippen LogP contribution < -0.4 is 16.7 Å². The molecule has 2 heterocycles. The molecule has 1 saturated heterocycles. The standard InChI is InChI=1S/C13H20BrN5O/c1-8-4-3-5-9(2)19(8)18-13(20)11-6-10(14)7-16-12(11)17-15/h6-9H,3-5,15H2,1-2H3,(H,16,17)(H,18,20). The molecule has 1 aromatic rings. The van der Waals surface area contributed by atoms with Crippen LogP contribution in [0.4, 0.5) is 5.82 Å². The quantitative estimate of drug-likeness (QED) is 0.578. The van der Waals surface area contributed by atoms with Crippen LogP contribution in [-0.2, 0) is 0 Å². The van der Waals surface area contributed by atoms with Gasteiger partial charge in [-0.1, -0.05) is 6.42 Å². The van der Waals surface area contributed by atoms with Crippen molar-refractivity contribution in [2.75, 3.05) is 5.43 Å². The van der Waals surface area contributed by atoms with Gasteiger partial charge in [0.2, 0.25) is 0 Å². The van der Waals surface area contributed by atoms with Crippen molar-refractivity contribution in [3.05, 3.63) is 22.3 Å². The Morgan fingerprint density at radius 1 is 1.45 bits per heavy atom. The number of hydrogen-bond donors (Lipinski definition) is 3. The third-order valence-corrected chi connectivity index (χ3v) is 4.09. The molecule has 2 rings (SSSR count). The predicted octanol–water partition coefficient (Wildman–Crippen LogP) is 2.04. The number of nitrogens with zero attached hydrogens (tertiary/aromatic N) is 2. The van der Waals surface area contributed by atoms with Crippen LogP contribution in [0.3, 0.4) is 0 Å². The number of nitrogens with one attached hydrogen (secondary N) is 2. The van der Waals surface area contributed by atoms with Gasteiger partial charge in [0.25, 0.3) is 5.91 Å². The first-order valence-electron chi connectivity index (χ1n) is 6.74. The lowest BCUT2D eigenvalue weighted by Crippen LogP contribution is -2.54. The molecule has 1 aliphatic heterocycles. The van der Waals surface area contributed by atoms with Crippen LogP contribution in [0.15, 0.2) is 16.7 Å². The number of hydrogen-bond acceptors (Lipinski definition) is 5. The van der Waals surface area contributed by atoms with Crippen molar-refractivity contribution >= 4 is 27.7 Å². The van der Waals surface area contributed by atoms with E-state index < -0.39 is 0 Å². The summed E-state index contributed by atoms with van der Waals surface area (Å²) in [4.78, 5) is 16.5. The van der Waals surface area contributed by atoms with E-state index in [0.717, 1.165) is 17.3 Å². The van der Waals surface area contributed by atoms with Gasteiger partial charge in [-0.05, 0) is 48.7 Å². The van der Waals surface area contributed by atoms with Gasteiger partial charge in [0.15, 0.2) is 5.82 Å². The Bertz CT molecular complexity index is 486. The summed E-state index contributed by atoms with van der Waals surface area (Å²) in [6.45, 7) is 4.24. The van der Waals surface area contributed by atoms with Crippen LogP contribution in [0, 0.1) is 0 Å². The Morgan fingerprint density at radius 2 is 2.10 bits per heavy atom. The minimum atomic E-state index is -0.202. The first-order chi connectivity index (χ1) is 9.52. The lowest BCUT2D eigenvalue weighted by Gasteiger charge is -2.38. The van der Waals surface area contributed by atoms with E-state index in [1.54, 1.807) is 12.3 Å². The van der Waals surface area contributed by atoms with Crippen molar-refractivity contribution in [3.63, 3.8) is 0 Å². The van der Waals surface area contributed by atoms with E-state index in [4.69, 9.17) is 5.84 Å². The molecule has 0 radical (unpaired) electrons. The predicted molar refractivity (Wildman–Crippen MR) is 81.8 cm³/mol. The molecule has 2 unspecified atom stereocenters. The summed E-state index contributed by atoms with van der Waals surface area (Å²) in [6, 6.07) is 2.37. The molecule has 1 aliphatic rings. The third kappa shape index (κ3) is 3.28. The number of amides is 1. The van der Waals surface area contributed by atoms with E-state index >= 15 is 0 Å². The zero-order chi connectivity index (χ0) is 14.7. The van der Waals surface area contributed by atoms with Crippen molar-refractivity contribution in [3.8, 4) is 0 Å². The van der Waals surface area contributed by atoms with Crippen LogP contribution in [0.1, 0.15) is 43.5 Å². The molecular formula is C13H20BrN5O. The SMILES string of the molecule is CC1CCCC(C)N1NC(=O)c1cc(Br)cnc1NN. The topological polar surface area (TPSA) is 83.3 Å². The van der Waals surface area contributed by atoms with E-state index in [0.29, 0.717) is 23.5 Å². The molecule has 20 heavy (non-hydrogen) atoms. The summed E-state index contributed by atoms with van der Waals surface area (Å²) >= 11 is 3.32. The normalized spacial score (nSPS) is 23.4. The molecule has 7 heteroatoms. The number of piperidine rings is 1. The van der Waals surface area contributed by atoms with Crippen LogP contribution in [0.5, 0.6) is 0 Å². The van der Waals surface area contributed by atoms with E-state index in [1.807, 2.05) is 5.01 Å². The Balaban J connectivity index is 2.17. The fourth-order valence-electron chi connectivity index (χ4n) is 2.55. The molecule has 1 fully saturated rings. The average Bonchev–Trinajstić information content (AvgIpc) is 2.43. The van der Waals surface area contributed by atoms with Gasteiger partial charge in [-0.15, -0.1) is 0 Å². The summed E-state index contributed by atoms with van der Waals surface area (Å²) < 4.78 is 0.737. The number of carbonyl (C=O) groups excluding carboxylic acids is 1. The molecule has 0 spiro atoms. The summed E-state index contributed by atoms with van der Waals surface area (Å²) in [5.41, 5.74) is 5.85. The zero-order valence-electron chi connectivity index (χ0n) is 11.7. The fraction of sp³-hybridized carbons (Fsp3) is 0.538. The third-order valence-electron chi connectivity index (χ3n) is 3.66. The van der Waals surface area contributed by atoms with E-state index in [2.05, 4.69) is 45.6 Å². The number of pyridine rings is 1. The van der Waals surface area contributed by atoms with Crippen LogP contribution >= 0.6 is 15.9 Å². The number of anilines is 1. The molecule has 2 atom stereocenters. The van der Waals surface area contributed by atoms with Gasteiger partial charge >= 0.3 is 0 Å². The van der Waals surface area contributed by atoms with Crippen molar-refractivity contribution < 1.29 is 4.79 Å². The minimum Gasteiger partial charge on any atom is -0.308 e. The number of nitrogen functional groups attached to an aromatic ring is 1. The summed E-state index contributed by atoms with van der Waals surface area (Å²) in [6.07, 6.45) is 4.97. The molecule has 1 aromatic heterocycles. The average molecular weight is 342 g/mol. The highest BCUT2D eigenvalue weighted by molar-refractivity contribution is 9.10. The van der Waals surface area contributed by atoms with Crippen LogP contribution in [-0.4, -0.2) is 28.0 Å². The molecule has 6 nitrogen and oxygen atoms in total. The Morgan fingerprint density at radius 3 is 2.70 bits per heavy atom. The van der Waals surface area contributed by atoms with Gasteiger partial charge in [0, 0.05) is 22.8 Å². The number of carbonyl (C=O) groups is 1. The summed E-state index contributed by atoms with van der Waals surface area (Å²) in [5, 5.41) is 2.02. The van der Waals surface area contributed by atoms with Gasteiger partial charge < -0.3 is 5.43 Å². The van der Waals surface area contributed by atoms with Gasteiger partial charge in [0.1, 0.15) is 0 Å². The first-order valence-corrected chi connectivity index (χ1v) is 7.53. The fourth-order valence-corrected chi connectivity index (χ4v) is 2.88. The summed E-state index contributed by atoms with van der Waals surface area (Å²) in [5.74, 6) is 5.57. The Kier molecular flexibility index (Phi) is 4.95. The number of rotatable bonds is 3. The Hall–Kier alpha value is -1.18. The van der Waals surface area contributed by atoms with Crippen LogP contribution in [0.25, 0.3) is 0 Å². The van der Waals surface area contributed by atoms with Gasteiger partial charge in [-0.2, -0.15) is 0 Å². The number of halogens is 1. The maximum Gasteiger partial charge on any atom is 0.269 e. The molecule has 1 amide bonds. The molecule has 0 saturated carbocycles. The van der Waals surface area contributed by atoms with E-state index in [1.165, 1.54) is 6.42 Å². The Labute approximate surface area is 127 Å². The highest BCUT2D eigenvalue weighted by atomic mass is 79.9. The smallest absolute Gasteiger partial charge is 0.269 e. The number of hydrazine groups is 2. The lowest BCUT2D eigenvalue weighted by molar-refractivity contribution is 0.0370. The molecule has 4 N–H and O–H groups in total. The molecule has 0 aromatic carbocycles. The maximum absolute atomic E-state index is 12.4. The van der Waals surface area contributed by atoms with Crippen molar-refractivity contribution in [1.82, 2.24) is 15.4 Å². The minimum absolute atomic E-state index is 0.202. The van der Waals surface area contributed by atoms with Crippen molar-refractivity contribution in [1.29, 1.82) is 0 Å². The van der Waals surface area contributed by atoms with Gasteiger partial charge in [0.05, 0.1) is 5.56 Å². The number of aromatic nitrogens is 1. The van der Waals surface area contributed by atoms with E-state index in [-0.39, 0.29) is 5.91 Å². The maximum atomic E-state index is 12.4. The molecular weight excluding hydrogens is 322 g/mol. The first kappa shape index (κ1) is 15.2. The van der Waals surface area contributed by atoms with Crippen molar-refractivity contribution in [2.24, 2.45) is 5.84 Å². The molecule has 110 valence electrons. The van der Waals surface area contributed by atoms with Gasteiger partial charge in [-0.25, -0.2) is 15.8 Å². The second kappa shape index (κ2) is 6.51.